The second kappa shape index (κ2) is 4.51. The predicted molar refractivity (Wildman–Crippen MR) is 76.4 cm³/mol. The summed E-state index contributed by atoms with van der Waals surface area (Å²) in [6.07, 6.45) is 0. The molecule has 0 bridgehead atoms. The Balaban J connectivity index is 2.32. The maximum absolute atomic E-state index is 12.5. The molecule has 2 nitrogen and oxygen atoms in total. The molecule has 1 aliphatic heterocycles. The SMILES string of the molecule is O=S1(=O)c2cc(CCl)ccc2-c2ccc(CCl)cc21. The van der Waals surface area contributed by atoms with Gasteiger partial charge in [-0.05, 0) is 23.3 Å². The molecule has 0 atom stereocenters. The van der Waals surface area contributed by atoms with Gasteiger partial charge in [0.15, 0.2) is 0 Å². The molecule has 1 aliphatic rings. The van der Waals surface area contributed by atoms with E-state index in [9.17, 15) is 8.42 Å². The lowest BCUT2D eigenvalue weighted by atomic mass is 10.0. The maximum Gasteiger partial charge on any atom is 0.207 e. The molecule has 0 radical (unpaired) electrons. The van der Waals surface area contributed by atoms with Gasteiger partial charge in [0.2, 0.25) is 9.84 Å². The Morgan fingerprint density at radius 1 is 0.789 bits per heavy atom. The van der Waals surface area contributed by atoms with Crippen LogP contribution in [0.5, 0.6) is 0 Å². The van der Waals surface area contributed by atoms with Crippen LogP contribution in [0.2, 0.25) is 0 Å². The molecule has 19 heavy (non-hydrogen) atoms. The van der Waals surface area contributed by atoms with E-state index in [0.717, 1.165) is 22.3 Å². The van der Waals surface area contributed by atoms with Crippen LogP contribution in [0.3, 0.4) is 0 Å². The Bertz CT molecular complexity index is 708. The Labute approximate surface area is 121 Å². The number of fused-ring (bicyclic) bond motifs is 3. The third kappa shape index (κ3) is 1.88. The van der Waals surface area contributed by atoms with Crippen molar-refractivity contribution in [2.75, 3.05) is 0 Å². The molecule has 0 aromatic heterocycles. The number of hydrogen-bond acceptors (Lipinski definition) is 2. The summed E-state index contributed by atoms with van der Waals surface area (Å²) in [6, 6.07) is 10.6. The summed E-state index contributed by atoms with van der Waals surface area (Å²) in [5.41, 5.74) is 3.08. The van der Waals surface area contributed by atoms with Crippen molar-refractivity contribution in [1.29, 1.82) is 0 Å². The summed E-state index contributed by atoms with van der Waals surface area (Å²) in [5.74, 6) is 0.595. The van der Waals surface area contributed by atoms with Crippen molar-refractivity contribution in [3.63, 3.8) is 0 Å². The highest BCUT2D eigenvalue weighted by Crippen LogP contribution is 2.43. The first kappa shape index (κ1) is 13.0. The van der Waals surface area contributed by atoms with E-state index in [1.807, 2.05) is 24.3 Å². The first-order valence-electron chi connectivity index (χ1n) is 5.71. The summed E-state index contributed by atoms with van der Waals surface area (Å²) in [5, 5.41) is 0. The minimum atomic E-state index is -3.45. The van der Waals surface area contributed by atoms with Crippen LogP contribution >= 0.6 is 23.2 Å². The van der Waals surface area contributed by atoms with Crippen LogP contribution in [-0.2, 0) is 21.6 Å². The molecule has 0 saturated heterocycles. The van der Waals surface area contributed by atoms with Gasteiger partial charge in [-0.1, -0.05) is 24.3 Å². The van der Waals surface area contributed by atoms with Crippen molar-refractivity contribution in [2.24, 2.45) is 0 Å². The molecule has 0 spiro atoms. The molecule has 2 aromatic carbocycles. The van der Waals surface area contributed by atoms with Gasteiger partial charge in [0.25, 0.3) is 0 Å². The van der Waals surface area contributed by atoms with Crippen LogP contribution in [0.15, 0.2) is 46.2 Å². The molecule has 98 valence electrons. The van der Waals surface area contributed by atoms with E-state index in [1.54, 1.807) is 12.1 Å². The summed E-state index contributed by atoms with van der Waals surface area (Å²) < 4.78 is 25.1. The number of alkyl halides is 2. The lowest BCUT2D eigenvalue weighted by molar-refractivity contribution is 0.598. The Kier molecular flexibility index (Phi) is 3.08. The second-order valence-corrected chi connectivity index (χ2v) is 6.85. The fourth-order valence-corrected chi connectivity index (χ4v) is 4.43. The topological polar surface area (TPSA) is 34.1 Å². The zero-order chi connectivity index (χ0) is 13.6. The minimum absolute atomic E-state index is 0.298. The quantitative estimate of drug-likeness (QED) is 0.671. The molecule has 5 heteroatoms. The highest BCUT2D eigenvalue weighted by Gasteiger charge is 2.33. The van der Waals surface area contributed by atoms with Gasteiger partial charge in [-0.2, -0.15) is 0 Å². The Morgan fingerprint density at radius 2 is 1.21 bits per heavy atom. The van der Waals surface area contributed by atoms with E-state index in [-0.39, 0.29) is 0 Å². The van der Waals surface area contributed by atoms with Crippen LogP contribution in [0.4, 0.5) is 0 Å². The van der Waals surface area contributed by atoms with Crippen LogP contribution in [0, 0.1) is 0 Å². The van der Waals surface area contributed by atoms with E-state index in [4.69, 9.17) is 23.2 Å². The number of hydrogen-bond donors (Lipinski definition) is 0. The fourth-order valence-electron chi connectivity index (χ4n) is 2.31. The predicted octanol–water partition coefficient (Wildman–Crippen LogP) is 3.98. The third-order valence-electron chi connectivity index (χ3n) is 3.27. The Hall–Kier alpha value is -1.03. The molecule has 0 saturated carbocycles. The maximum atomic E-state index is 12.5. The zero-order valence-electron chi connectivity index (χ0n) is 9.86. The minimum Gasteiger partial charge on any atom is -0.218 e. The van der Waals surface area contributed by atoms with Gasteiger partial charge in [0.05, 0.1) is 9.79 Å². The lowest BCUT2D eigenvalue weighted by Crippen LogP contribution is -1.98. The van der Waals surface area contributed by atoms with Gasteiger partial charge in [-0.25, -0.2) is 8.42 Å². The lowest BCUT2D eigenvalue weighted by Gasteiger charge is -2.01. The summed E-state index contributed by atoms with van der Waals surface area (Å²) in [6.45, 7) is 0. The van der Waals surface area contributed by atoms with Crippen molar-refractivity contribution in [3.05, 3.63) is 47.5 Å². The summed E-state index contributed by atoms with van der Waals surface area (Å²) in [4.78, 5) is 0.680. The van der Waals surface area contributed by atoms with Crippen LogP contribution < -0.4 is 0 Å². The number of rotatable bonds is 2. The fraction of sp³-hybridized carbons (Fsp3) is 0.143. The molecule has 0 N–H and O–H groups in total. The van der Waals surface area contributed by atoms with Crippen LogP contribution in [0.25, 0.3) is 11.1 Å². The van der Waals surface area contributed by atoms with E-state index in [0.29, 0.717) is 21.6 Å². The summed E-state index contributed by atoms with van der Waals surface area (Å²) >= 11 is 11.5. The number of sulfone groups is 1. The molecule has 0 amide bonds. The van der Waals surface area contributed by atoms with Gasteiger partial charge < -0.3 is 0 Å². The van der Waals surface area contributed by atoms with E-state index < -0.39 is 9.84 Å². The van der Waals surface area contributed by atoms with Crippen molar-refractivity contribution >= 4 is 33.0 Å². The van der Waals surface area contributed by atoms with E-state index >= 15 is 0 Å². The van der Waals surface area contributed by atoms with Crippen molar-refractivity contribution < 1.29 is 8.42 Å². The van der Waals surface area contributed by atoms with Gasteiger partial charge in [-0.3, -0.25) is 0 Å². The van der Waals surface area contributed by atoms with Crippen molar-refractivity contribution in [3.8, 4) is 11.1 Å². The first-order valence-corrected chi connectivity index (χ1v) is 8.26. The highest BCUT2D eigenvalue weighted by atomic mass is 35.5. The largest absolute Gasteiger partial charge is 0.218 e. The normalized spacial score (nSPS) is 15.1. The average molecular weight is 313 g/mol. The van der Waals surface area contributed by atoms with Gasteiger partial charge in [-0.15, -0.1) is 23.2 Å². The average Bonchev–Trinajstić information content (AvgIpc) is 2.67. The van der Waals surface area contributed by atoms with Crippen molar-refractivity contribution in [2.45, 2.75) is 21.6 Å². The highest BCUT2D eigenvalue weighted by molar-refractivity contribution is 7.92. The van der Waals surface area contributed by atoms with Crippen LogP contribution in [0.1, 0.15) is 11.1 Å². The molecule has 1 heterocycles. The number of halogens is 2. The second-order valence-electron chi connectivity index (χ2n) is 4.43. The molecule has 0 aliphatic carbocycles. The van der Waals surface area contributed by atoms with Gasteiger partial charge in [0, 0.05) is 22.9 Å². The molecule has 3 rings (SSSR count). The monoisotopic (exact) mass is 312 g/mol. The van der Waals surface area contributed by atoms with Gasteiger partial charge in [0.1, 0.15) is 0 Å². The molecule has 0 unspecified atom stereocenters. The first-order chi connectivity index (χ1) is 9.07. The molecular weight excluding hydrogens is 303 g/mol. The molecule has 0 fully saturated rings. The third-order valence-corrected chi connectivity index (χ3v) is 5.72. The van der Waals surface area contributed by atoms with Crippen molar-refractivity contribution in [1.82, 2.24) is 0 Å². The molecule has 2 aromatic rings. The van der Waals surface area contributed by atoms with Gasteiger partial charge >= 0.3 is 0 Å². The molecular formula is C14H10Cl2O2S. The van der Waals surface area contributed by atoms with E-state index in [2.05, 4.69) is 0 Å². The van der Waals surface area contributed by atoms with E-state index in [1.165, 1.54) is 0 Å². The number of benzene rings is 2. The van der Waals surface area contributed by atoms with Crippen LogP contribution in [-0.4, -0.2) is 8.42 Å². The zero-order valence-corrected chi connectivity index (χ0v) is 12.2. The standard InChI is InChI=1S/C14H10Cl2O2S/c15-7-9-1-3-11-12-4-2-10(8-16)6-14(12)19(17,18)13(11)5-9/h1-6H,7-8H2. The summed E-state index contributed by atoms with van der Waals surface area (Å²) in [7, 11) is -3.45. The smallest absolute Gasteiger partial charge is 0.207 e. The Morgan fingerprint density at radius 3 is 1.58 bits per heavy atom.